The van der Waals surface area contributed by atoms with Crippen molar-refractivity contribution in [2.75, 3.05) is 42.9 Å². The Kier molecular flexibility index (Phi) is 5.23. The number of hydrogen-bond acceptors (Lipinski definition) is 7. The Labute approximate surface area is 185 Å². The van der Waals surface area contributed by atoms with Gasteiger partial charge in [0.25, 0.3) is 16.4 Å². The lowest BCUT2D eigenvalue weighted by molar-refractivity contribution is -0.140. The molecule has 3 aromatic rings. The molecule has 5 rings (SSSR count). The number of hydrogen-bond donors (Lipinski definition) is 1. The maximum absolute atomic E-state index is 12.9. The molecule has 0 radical (unpaired) electrons. The zero-order valence-electron chi connectivity index (χ0n) is 17.7. The van der Waals surface area contributed by atoms with Crippen molar-refractivity contribution in [2.24, 2.45) is 0 Å². The summed E-state index contributed by atoms with van der Waals surface area (Å²) in [6, 6.07) is 3.70. The smallest absolute Gasteiger partial charge is 0.377 e. The summed E-state index contributed by atoms with van der Waals surface area (Å²) in [5.74, 6) is 0. The first kappa shape index (κ1) is 21.6. The van der Waals surface area contributed by atoms with E-state index in [-0.39, 0.29) is 16.5 Å². The number of pyridine rings is 2. The average molecular weight is 461 g/mol. The Morgan fingerprint density at radius 3 is 2.36 bits per heavy atom. The van der Waals surface area contributed by atoms with Gasteiger partial charge in [-0.3, -0.25) is 19.3 Å². The molecule has 1 saturated heterocycles. The van der Waals surface area contributed by atoms with E-state index in [9.17, 15) is 27.6 Å². The highest BCUT2D eigenvalue weighted by Crippen LogP contribution is 2.29. The molecule has 1 N–H and O–H groups in total. The zero-order chi connectivity index (χ0) is 23.3. The number of alkyl halides is 3. The van der Waals surface area contributed by atoms with Crippen molar-refractivity contribution < 1.29 is 13.2 Å². The van der Waals surface area contributed by atoms with Gasteiger partial charge in [-0.25, -0.2) is 4.98 Å². The molecule has 11 heteroatoms. The highest BCUT2D eigenvalue weighted by atomic mass is 19.4. The number of nitrogens with zero attached hydrogens (tertiary/aromatic N) is 4. The van der Waals surface area contributed by atoms with E-state index in [0.29, 0.717) is 56.7 Å². The molecule has 0 spiro atoms. The van der Waals surface area contributed by atoms with Gasteiger partial charge in [0.2, 0.25) is 0 Å². The summed E-state index contributed by atoms with van der Waals surface area (Å²) < 4.78 is 40.0. The molecule has 1 saturated carbocycles. The van der Waals surface area contributed by atoms with Gasteiger partial charge in [-0.15, -0.1) is 0 Å². The Balaban J connectivity index is 1.21. The van der Waals surface area contributed by atoms with Gasteiger partial charge in [-0.05, 0) is 31.0 Å². The predicted octanol–water partition coefficient (Wildman–Crippen LogP) is 1.41. The topological polar surface area (TPSA) is 87.5 Å². The number of rotatable bonds is 6. The van der Waals surface area contributed by atoms with Crippen LogP contribution in [0, 0.1) is 0 Å². The van der Waals surface area contributed by atoms with Gasteiger partial charge in [0.05, 0.1) is 10.9 Å². The Bertz CT molecular complexity index is 1330. The summed E-state index contributed by atoms with van der Waals surface area (Å²) >= 11 is 0. The van der Waals surface area contributed by atoms with Crippen LogP contribution < -0.4 is 26.6 Å². The maximum atomic E-state index is 12.9. The standard InChI is InChI=1S/C22H22F3N5O3/c23-22(24,25)16-4-3-14-15(27-16)5-6-30(21(14)33)12-9-28-7-10-29(11-8-28)18-17(19(31)20(18)32)26-13-1-2-13/h3-6,13,26H,1-2,7-12H2. The molecule has 1 aliphatic carbocycles. The van der Waals surface area contributed by atoms with Gasteiger partial charge in [-0.2, -0.15) is 13.2 Å². The molecule has 33 heavy (non-hydrogen) atoms. The van der Waals surface area contributed by atoms with Crippen LogP contribution in [0.15, 0.2) is 38.8 Å². The van der Waals surface area contributed by atoms with E-state index >= 15 is 0 Å². The second-order valence-corrected chi connectivity index (χ2v) is 8.57. The fourth-order valence-electron chi connectivity index (χ4n) is 4.19. The van der Waals surface area contributed by atoms with Crippen molar-refractivity contribution >= 4 is 22.3 Å². The van der Waals surface area contributed by atoms with Crippen molar-refractivity contribution in [3.8, 4) is 0 Å². The van der Waals surface area contributed by atoms with Crippen LogP contribution >= 0.6 is 0 Å². The summed E-state index contributed by atoms with van der Waals surface area (Å²) in [5.41, 5.74) is -1.33. The van der Waals surface area contributed by atoms with Crippen molar-refractivity contribution in [1.82, 2.24) is 14.5 Å². The van der Waals surface area contributed by atoms with Crippen LogP contribution in [0.3, 0.4) is 0 Å². The third-order valence-corrected chi connectivity index (χ3v) is 6.28. The first-order chi connectivity index (χ1) is 15.7. The molecule has 174 valence electrons. The van der Waals surface area contributed by atoms with E-state index < -0.39 is 22.7 Å². The Morgan fingerprint density at radius 1 is 0.970 bits per heavy atom. The lowest BCUT2D eigenvalue weighted by Gasteiger charge is -2.37. The van der Waals surface area contributed by atoms with Crippen molar-refractivity contribution in [3.63, 3.8) is 0 Å². The van der Waals surface area contributed by atoms with Crippen LogP contribution in [0.2, 0.25) is 0 Å². The summed E-state index contributed by atoms with van der Waals surface area (Å²) in [6.07, 6.45) is -1.07. The minimum Gasteiger partial charge on any atom is -0.377 e. The van der Waals surface area contributed by atoms with E-state index in [0.717, 1.165) is 18.9 Å². The van der Waals surface area contributed by atoms with Crippen LogP contribution in [0.1, 0.15) is 18.5 Å². The average Bonchev–Trinajstić information content (AvgIpc) is 3.62. The molecule has 0 unspecified atom stereocenters. The van der Waals surface area contributed by atoms with E-state index in [2.05, 4.69) is 15.2 Å². The molecule has 2 fully saturated rings. The molecule has 8 nitrogen and oxygen atoms in total. The van der Waals surface area contributed by atoms with Gasteiger partial charge in [0.1, 0.15) is 17.1 Å². The van der Waals surface area contributed by atoms with E-state index in [1.807, 2.05) is 4.90 Å². The number of aromatic nitrogens is 2. The number of piperazine rings is 1. The second kappa shape index (κ2) is 7.98. The largest absolute Gasteiger partial charge is 0.433 e. The predicted molar refractivity (Wildman–Crippen MR) is 118 cm³/mol. The van der Waals surface area contributed by atoms with Crippen LogP contribution in [0.5, 0.6) is 0 Å². The SMILES string of the molecule is O=c1c(NC2CC2)c(N2CCN(CCn3ccc4nc(C(F)(F)F)ccc4c3=O)CC2)c1=O. The molecule has 2 aromatic heterocycles. The lowest BCUT2D eigenvalue weighted by Crippen LogP contribution is -2.52. The van der Waals surface area contributed by atoms with Crippen molar-refractivity contribution in [2.45, 2.75) is 31.6 Å². The number of nitrogens with one attached hydrogen (secondary N) is 1. The molecule has 1 aromatic carbocycles. The highest BCUT2D eigenvalue weighted by molar-refractivity contribution is 5.77. The summed E-state index contributed by atoms with van der Waals surface area (Å²) in [7, 11) is 0. The summed E-state index contributed by atoms with van der Waals surface area (Å²) in [5, 5.41) is 3.30. The molecular formula is C22H22F3N5O3. The van der Waals surface area contributed by atoms with E-state index in [1.165, 1.54) is 22.9 Å². The van der Waals surface area contributed by atoms with E-state index in [1.54, 1.807) is 0 Å². The summed E-state index contributed by atoms with van der Waals surface area (Å²) in [6.45, 7) is 3.49. The molecule has 0 amide bonds. The minimum atomic E-state index is -4.56. The van der Waals surface area contributed by atoms with Crippen LogP contribution in [0.4, 0.5) is 24.5 Å². The van der Waals surface area contributed by atoms with Crippen molar-refractivity contribution in [1.29, 1.82) is 0 Å². The maximum Gasteiger partial charge on any atom is 0.433 e. The number of anilines is 2. The normalized spacial score (nSPS) is 17.7. The summed E-state index contributed by atoms with van der Waals surface area (Å²) in [4.78, 5) is 44.3. The Morgan fingerprint density at radius 2 is 1.70 bits per heavy atom. The van der Waals surface area contributed by atoms with Gasteiger partial charge in [-0.1, -0.05) is 0 Å². The highest BCUT2D eigenvalue weighted by Gasteiger charge is 2.33. The first-order valence-electron chi connectivity index (χ1n) is 10.9. The number of halogens is 3. The van der Waals surface area contributed by atoms with Crippen molar-refractivity contribution in [3.05, 3.63) is 60.9 Å². The number of fused-ring (bicyclic) bond motifs is 1. The van der Waals surface area contributed by atoms with Gasteiger partial charge in [0.15, 0.2) is 0 Å². The fraction of sp³-hybridized carbons (Fsp3) is 0.455. The molecule has 3 heterocycles. The van der Waals surface area contributed by atoms with Crippen LogP contribution in [-0.2, 0) is 12.7 Å². The third-order valence-electron chi connectivity index (χ3n) is 6.28. The molecule has 2 aliphatic rings. The molecule has 0 bridgehead atoms. The minimum absolute atomic E-state index is 0.0169. The van der Waals surface area contributed by atoms with Gasteiger partial charge in [0, 0.05) is 51.5 Å². The third kappa shape index (κ3) is 4.12. The second-order valence-electron chi connectivity index (χ2n) is 8.57. The zero-order valence-corrected chi connectivity index (χ0v) is 17.7. The molecular weight excluding hydrogens is 439 g/mol. The van der Waals surface area contributed by atoms with Crippen LogP contribution in [0.25, 0.3) is 10.9 Å². The van der Waals surface area contributed by atoms with Gasteiger partial charge >= 0.3 is 6.18 Å². The molecule has 1 aliphatic heterocycles. The first-order valence-corrected chi connectivity index (χ1v) is 10.9. The monoisotopic (exact) mass is 461 g/mol. The van der Waals surface area contributed by atoms with E-state index in [4.69, 9.17) is 0 Å². The van der Waals surface area contributed by atoms with Crippen LogP contribution in [-0.4, -0.2) is 53.2 Å². The van der Waals surface area contributed by atoms with Gasteiger partial charge < -0.3 is 14.8 Å². The Hall–Kier alpha value is -3.21. The lowest BCUT2D eigenvalue weighted by atomic mass is 10.1. The quantitative estimate of drug-likeness (QED) is 0.556. The molecule has 0 atom stereocenters. The fourth-order valence-corrected chi connectivity index (χ4v) is 4.19.